The third-order valence-electron chi connectivity index (χ3n) is 8.44. The Kier molecular flexibility index (Phi) is 9.45. The summed E-state index contributed by atoms with van der Waals surface area (Å²) < 4.78 is 13.1. The molecule has 0 spiro atoms. The average Bonchev–Trinajstić information content (AvgIpc) is 3.17. The van der Waals surface area contributed by atoms with Crippen LogP contribution in [-0.2, 0) is 18.9 Å². The Bertz CT molecular complexity index is 959. The second-order valence-electron chi connectivity index (χ2n) is 11.9. The van der Waals surface area contributed by atoms with Crippen LogP contribution in [0.2, 0.25) is 0 Å². The largest absolute Gasteiger partial charge is 0.481 e. The highest BCUT2D eigenvalue weighted by molar-refractivity contribution is 6.48. The van der Waals surface area contributed by atoms with Crippen LogP contribution in [0, 0.1) is 33.3 Å². The van der Waals surface area contributed by atoms with E-state index < -0.39 is 23.8 Å². The van der Waals surface area contributed by atoms with Crippen molar-refractivity contribution in [3.63, 3.8) is 0 Å². The van der Waals surface area contributed by atoms with Gasteiger partial charge in [-0.3, -0.25) is 9.59 Å². The predicted molar refractivity (Wildman–Crippen MR) is 144 cm³/mol. The molecule has 1 aliphatic heterocycles. The second kappa shape index (κ2) is 12.0. The Morgan fingerprint density at radius 1 is 1.26 bits per heavy atom. The molecule has 6 atom stereocenters. The van der Waals surface area contributed by atoms with E-state index in [2.05, 4.69) is 50.2 Å². The summed E-state index contributed by atoms with van der Waals surface area (Å²) in [4.78, 5) is 40.1. The van der Waals surface area contributed by atoms with Gasteiger partial charge in [0.15, 0.2) is 5.03 Å². The first-order chi connectivity index (χ1) is 17.8. The van der Waals surface area contributed by atoms with Crippen molar-refractivity contribution < 1.29 is 23.9 Å². The van der Waals surface area contributed by atoms with Crippen molar-refractivity contribution >= 4 is 24.9 Å². The summed E-state index contributed by atoms with van der Waals surface area (Å²) in [6.45, 7) is 12.8. The Labute approximate surface area is 225 Å². The number of aliphatic imine (C=N–C) groups is 1. The van der Waals surface area contributed by atoms with Gasteiger partial charge in [-0.25, -0.2) is 15.1 Å². The molecule has 3 aliphatic carbocycles. The number of nitrogens with zero attached hydrogens (tertiary/aromatic N) is 2. The number of guanidine groups is 1. The lowest BCUT2D eigenvalue weighted by molar-refractivity contribution is -0.525. The maximum Gasteiger partial charge on any atom is 0.481 e. The maximum absolute atomic E-state index is 13.5. The highest BCUT2D eigenvalue weighted by Gasteiger charge is 2.68. The lowest BCUT2D eigenvalue weighted by Gasteiger charge is -2.64. The van der Waals surface area contributed by atoms with Crippen LogP contribution in [0.15, 0.2) is 17.1 Å². The number of rotatable bonds is 12. The number of hydrogen-bond acceptors (Lipinski definition) is 7. The molecule has 0 aromatic carbocycles. The van der Waals surface area contributed by atoms with Gasteiger partial charge in [-0.05, 0) is 75.2 Å². The monoisotopic (exact) mass is 534 g/mol. The van der Waals surface area contributed by atoms with E-state index in [4.69, 9.17) is 15.0 Å². The molecule has 212 valence electrons. The third-order valence-corrected chi connectivity index (χ3v) is 8.44. The molecule has 4 aliphatic rings. The van der Waals surface area contributed by atoms with E-state index in [0.717, 1.165) is 12.8 Å². The standard InChI is InChI=1S/C25H43BN6O6/c1-7-9-21(33)29-17(10-8-11-28-23(27)31-32(35)36)22(34)30-20(12-15(2)3)26-37-19-14-16-13-18(24(16,4)5)25(19,6)38-26/h7,9,15-20H,8,10-14H2,1-6H3,(H,29,33)(H,30,34)(H3,27,28,31)/t16-,17-,18-,19+,20-,25-/m0/s1. The van der Waals surface area contributed by atoms with Gasteiger partial charge in [-0.2, -0.15) is 0 Å². The molecule has 0 aromatic rings. The first-order valence-corrected chi connectivity index (χ1v) is 13.6. The molecule has 1 saturated heterocycles. The molecule has 0 aromatic heterocycles. The van der Waals surface area contributed by atoms with Crippen LogP contribution < -0.4 is 21.8 Å². The highest BCUT2D eigenvalue weighted by atomic mass is 16.7. The Balaban J connectivity index is 1.68. The smallest absolute Gasteiger partial charge is 0.404 e. The van der Waals surface area contributed by atoms with Crippen molar-refractivity contribution in [3.05, 3.63) is 22.3 Å². The minimum atomic E-state index is -0.834. The predicted octanol–water partition coefficient (Wildman–Crippen LogP) is 1.72. The van der Waals surface area contributed by atoms with Crippen molar-refractivity contribution in [2.45, 2.75) is 97.3 Å². The molecule has 38 heavy (non-hydrogen) atoms. The van der Waals surface area contributed by atoms with Crippen LogP contribution in [0.25, 0.3) is 0 Å². The van der Waals surface area contributed by atoms with E-state index >= 15 is 0 Å². The maximum atomic E-state index is 13.5. The van der Waals surface area contributed by atoms with E-state index in [1.807, 2.05) is 0 Å². The van der Waals surface area contributed by atoms with Crippen molar-refractivity contribution in [1.29, 1.82) is 0 Å². The van der Waals surface area contributed by atoms with E-state index in [1.165, 1.54) is 6.08 Å². The highest BCUT2D eigenvalue weighted by Crippen LogP contribution is 2.65. The van der Waals surface area contributed by atoms with Crippen LogP contribution >= 0.6 is 0 Å². The number of hydrogen-bond donors (Lipinski definition) is 4. The molecule has 0 radical (unpaired) electrons. The Morgan fingerprint density at radius 2 is 1.97 bits per heavy atom. The zero-order valence-corrected chi connectivity index (χ0v) is 23.4. The quantitative estimate of drug-likeness (QED) is 0.0558. The van der Waals surface area contributed by atoms with E-state index in [-0.39, 0.29) is 54.1 Å². The van der Waals surface area contributed by atoms with Crippen LogP contribution in [0.3, 0.4) is 0 Å². The Hall–Kier alpha value is -2.67. The number of carbonyl (C=O) groups excluding carboxylic acids is 2. The third kappa shape index (κ3) is 6.66. The number of nitro groups is 1. The van der Waals surface area contributed by atoms with Crippen LogP contribution in [0.1, 0.15) is 73.6 Å². The topological polar surface area (TPSA) is 170 Å². The fourth-order valence-corrected chi connectivity index (χ4v) is 6.36. The van der Waals surface area contributed by atoms with Crippen molar-refractivity contribution in [2.24, 2.45) is 33.9 Å². The number of nitrogens with one attached hydrogen (secondary N) is 3. The van der Waals surface area contributed by atoms with Crippen molar-refractivity contribution in [1.82, 2.24) is 16.1 Å². The molecule has 4 fully saturated rings. The van der Waals surface area contributed by atoms with E-state index in [9.17, 15) is 19.7 Å². The van der Waals surface area contributed by atoms with Gasteiger partial charge in [0.05, 0.1) is 17.6 Å². The molecule has 2 bridgehead atoms. The molecular weight excluding hydrogens is 491 g/mol. The van der Waals surface area contributed by atoms with Crippen molar-refractivity contribution in [2.75, 3.05) is 6.54 Å². The van der Waals surface area contributed by atoms with Gasteiger partial charge in [0.2, 0.25) is 11.8 Å². The molecule has 1 heterocycles. The normalized spacial score (nSPS) is 29.4. The number of hydrazine groups is 1. The fraction of sp³-hybridized carbons (Fsp3) is 0.800. The van der Waals surface area contributed by atoms with Crippen LogP contribution in [0.5, 0.6) is 0 Å². The SMILES string of the molecule is CC=CC(=O)N[C@@H](CCCN=C(N)N[N+](=O)[O-])C(=O)N[C@@H](CC(C)C)B1O[C@@H]2C[C@@H]3C[C@@H](C3(C)C)[C@]2(C)O1. The number of carbonyl (C=O) groups is 2. The summed E-state index contributed by atoms with van der Waals surface area (Å²) >= 11 is 0. The van der Waals surface area contributed by atoms with Gasteiger partial charge in [-0.15, -0.1) is 0 Å². The van der Waals surface area contributed by atoms with E-state index in [0.29, 0.717) is 24.7 Å². The summed E-state index contributed by atoms with van der Waals surface area (Å²) in [6.07, 6.45) is 6.33. The van der Waals surface area contributed by atoms with Crippen LogP contribution in [0.4, 0.5) is 0 Å². The summed E-state index contributed by atoms with van der Waals surface area (Å²) in [5.41, 5.74) is 7.05. The summed E-state index contributed by atoms with van der Waals surface area (Å²) in [5, 5.41) is 15.5. The van der Waals surface area contributed by atoms with Crippen LogP contribution in [-0.4, -0.2) is 60.2 Å². The summed E-state index contributed by atoms with van der Waals surface area (Å²) in [6, 6.07) is -0.834. The zero-order valence-electron chi connectivity index (χ0n) is 23.4. The molecule has 5 N–H and O–H groups in total. The molecule has 0 unspecified atom stereocenters. The van der Waals surface area contributed by atoms with Gasteiger partial charge in [-0.1, -0.05) is 39.2 Å². The molecule has 4 rings (SSSR count). The van der Waals surface area contributed by atoms with Gasteiger partial charge in [0, 0.05) is 6.54 Å². The molecule has 3 saturated carbocycles. The lowest BCUT2D eigenvalue weighted by Crippen LogP contribution is -2.65. The summed E-state index contributed by atoms with van der Waals surface area (Å²) in [5.74, 6) is -0.137. The minimum Gasteiger partial charge on any atom is -0.404 e. The van der Waals surface area contributed by atoms with Crippen molar-refractivity contribution in [3.8, 4) is 0 Å². The fourth-order valence-electron chi connectivity index (χ4n) is 6.36. The van der Waals surface area contributed by atoms with Gasteiger partial charge in [0.1, 0.15) is 6.04 Å². The molecule has 13 heteroatoms. The summed E-state index contributed by atoms with van der Waals surface area (Å²) in [7, 11) is -0.573. The number of allylic oxidation sites excluding steroid dienone is 1. The number of nitrogens with two attached hydrogens (primary N) is 1. The molecule has 2 amide bonds. The first-order valence-electron chi connectivity index (χ1n) is 13.6. The van der Waals surface area contributed by atoms with Gasteiger partial charge >= 0.3 is 7.12 Å². The first kappa shape index (κ1) is 29.9. The average molecular weight is 534 g/mol. The lowest BCUT2D eigenvalue weighted by atomic mass is 9.43. The zero-order chi connectivity index (χ0) is 28.3. The minimum absolute atomic E-state index is 0.00266. The molecular formula is C25H43BN6O6. The van der Waals surface area contributed by atoms with Gasteiger partial charge < -0.3 is 25.7 Å². The van der Waals surface area contributed by atoms with Gasteiger partial charge in [0.25, 0.3) is 5.96 Å². The van der Waals surface area contributed by atoms with E-state index in [1.54, 1.807) is 18.4 Å². The second-order valence-corrected chi connectivity index (χ2v) is 11.9. The molecule has 12 nitrogen and oxygen atoms in total. The Morgan fingerprint density at radius 3 is 2.58 bits per heavy atom. The number of amides is 2.